The first kappa shape index (κ1) is 13.2. The summed E-state index contributed by atoms with van der Waals surface area (Å²) in [5.74, 6) is 0.915. The topological polar surface area (TPSA) is 84.1 Å². The van der Waals surface area contributed by atoms with Crippen LogP contribution in [0, 0.1) is 6.92 Å². The fraction of sp³-hybridized carbons (Fsp3) is 0.125. The minimum absolute atomic E-state index is 0.211. The molecule has 0 spiro atoms. The second-order valence-corrected chi connectivity index (χ2v) is 4.89. The van der Waals surface area contributed by atoms with Gasteiger partial charge in [-0.3, -0.25) is 0 Å². The second kappa shape index (κ2) is 5.28. The lowest BCUT2D eigenvalue weighted by atomic mass is 10.2. The molecule has 0 saturated heterocycles. The van der Waals surface area contributed by atoms with Gasteiger partial charge in [-0.1, -0.05) is 12.1 Å². The van der Waals surface area contributed by atoms with Crippen LogP contribution in [0.1, 0.15) is 11.3 Å². The standard InChI is InChI=1S/C16H16N4O/c1-10-16(20-14-5-3-2-4-13(14)19-10)18-9-11-8-12(17)6-7-15(11)21/h2-8,21H,9,17H2,1H3,(H,18,20). The van der Waals surface area contributed by atoms with Gasteiger partial charge in [0.15, 0.2) is 0 Å². The van der Waals surface area contributed by atoms with E-state index in [0.717, 1.165) is 22.3 Å². The summed E-state index contributed by atoms with van der Waals surface area (Å²) in [5, 5.41) is 13.0. The summed E-state index contributed by atoms with van der Waals surface area (Å²) in [5.41, 5.74) is 9.60. The molecule has 106 valence electrons. The summed E-state index contributed by atoms with van der Waals surface area (Å²) in [6.45, 7) is 2.34. The van der Waals surface area contributed by atoms with E-state index in [4.69, 9.17) is 5.73 Å². The molecule has 2 aromatic carbocycles. The van der Waals surface area contributed by atoms with Crippen LogP contribution in [0.25, 0.3) is 11.0 Å². The molecule has 21 heavy (non-hydrogen) atoms. The van der Waals surface area contributed by atoms with Crippen molar-refractivity contribution in [2.45, 2.75) is 13.5 Å². The molecule has 0 unspecified atom stereocenters. The van der Waals surface area contributed by atoms with Gasteiger partial charge in [-0.2, -0.15) is 0 Å². The van der Waals surface area contributed by atoms with Crippen LogP contribution >= 0.6 is 0 Å². The second-order valence-electron chi connectivity index (χ2n) is 4.89. The molecule has 1 aromatic heterocycles. The Morgan fingerprint density at radius 3 is 2.57 bits per heavy atom. The number of hydrogen-bond donors (Lipinski definition) is 3. The van der Waals surface area contributed by atoms with Crippen LogP contribution in [0.2, 0.25) is 0 Å². The summed E-state index contributed by atoms with van der Waals surface area (Å²) < 4.78 is 0. The molecule has 3 rings (SSSR count). The monoisotopic (exact) mass is 280 g/mol. The van der Waals surface area contributed by atoms with Crippen molar-refractivity contribution < 1.29 is 5.11 Å². The maximum Gasteiger partial charge on any atom is 0.148 e. The van der Waals surface area contributed by atoms with Crippen molar-refractivity contribution in [3.8, 4) is 5.75 Å². The quantitative estimate of drug-likeness (QED) is 0.507. The first-order valence-electron chi connectivity index (χ1n) is 6.68. The molecule has 4 N–H and O–H groups in total. The van der Waals surface area contributed by atoms with Gasteiger partial charge in [0.05, 0.1) is 16.7 Å². The molecular weight excluding hydrogens is 264 g/mol. The smallest absolute Gasteiger partial charge is 0.148 e. The summed E-state index contributed by atoms with van der Waals surface area (Å²) in [7, 11) is 0. The Morgan fingerprint density at radius 2 is 1.81 bits per heavy atom. The van der Waals surface area contributed by atoms with Gasteiger partial charge in [-0.05, 0) is 37.3 Å². The van der Waals surface area contributed by atoms with Crippen LogP contribution in [0.15, 0.2) is 42.5 Å². The molecule has 0 aliphatic carbocycles. The number of aromatic hydroxyl groups is 1. The number of nitrogens with one attached hydrogen (secondary N) is 1. The lowest BCUT2D eigenvalue weighted by Gasteiger charge is -2.11. The Labute approximate surface area is 122 Å². The molecule has 5 nitrogen and oxygen atoms in total. The Bertz CT molecular complexity index is 801. The Morgan fingerprint density at radius 1 is 1.10 bits per heavy atom. The number of rotatable bonds is 3. The van der Waals surface area contributed by atoms with Gasteiger partial charge < -0.3 is 16.2 Å². The third-order valence-corrected chi connectivity index (χ3v) is 3.29. The van der Waals surface area contributed by atoms with E-state index in [1.165, 1.54) is 0 Å². The van der Waals surface area contributed by atoms with Crippen LogP contribution in [0.4, 0.5) is 11.5 Å². The average molecular weight is 280 g/mol. The van der Waals surface area contributed by atoms with Crippen molar-refractivity contribution in [3.63, 3.8) is 0 Å². The third kappa shape index (κ3) is 2.72. The first-order valence-corrected chi connectivity index (χ1v) is 6.68. The lowest BCUT2D eigenvalue weighted by Crippen LogP contribution is -2.05. The molecule has 0 atom stereocenters. The minimum Gasteiger partial charge on any atom is -0.508 e. The zero-order valence-corrected chi connectivity index (χ0v) is 11.7. The maximum absolute atomic E-state index is 9.82. The number of aryl methyl sites for hydroxylation is 1. The zero-order chi connectivity index (χ0) is 14.8. The Kier molecular flexibility index (Phi) is 3.31. The van der Waals surface area contributed by atoms with E-state index in [9.17, 15) is 5.11 Å². The van der Waals surface area contributed by atoms with Gasteiger partial charge in [0.1, 0.15) is 11.6 Å². The highest BCUT2D eigenvalue weighted by molar-refractivity contribution is 5.76. The van der Waals surface area contributed by atoms with E-state index in [1.807, 2.05) is 31.2 Å². The summed E-state index contributed by atoms with van der Waals surface area (Å²) >= 11 is 0. The highest BCUT2D eigenvalue weighted by atomic mass is 16.3. The van der Waals surface area contributed by atoms with Crippen LogP contribution in [-0.2, 0) is 6.54 Å². The van der Waals surface area contributed by atoms with Gasteiger partial charge in [0.25, 0.3) is 0 Å². The van der Waals surface area contributed by atoms with E-state index in [0.29, 0.717) is 18.1 Å². The molecule has 3 aromatic rings. The zero-order valence-electron chi connectivity index (χ0n) is 11.7. The molecule has 0 radical (unpaired) electrons. The van der Waals surface area contributed by atoms with E-state index in [1.54, 1.807) is 18.2 Å². The molecule has 1 heterocycles. The average Bonchev–Trinajstić information content (AvgIpc) is 2.48. The number of anilines is 2. The molecule has 0 aliphatic rings. The Hall–Kier alpha value is -2.82. The minimum atomic E-state index is 0.211. The summed E-state index contributed by atoms with van der Waals surface area (Å²) in [6, 6.07) is 12.7. The predicted octanol–water partition coefficient (Wildman–Crippen LogP) is 2.84. The molecule has 0 fully saturated rings. The van der Waals surface area contributed by atoms with Crippen LogP contribution < -0.4 is 11.1 Å². The number of fused-ring (bicyclic) bond motifs is 1. The Balaban J connectivity index is 1.88. The number of nitrogens with two attached hydrogens (primary N) is 1. The van der Waals surface area contributed by atoms with Gasteiger partial charge >= 0.3 is 0 Å². The fourth-order valence-electron chi connectivity index (χ4n) is 2.18. The van der Waals surface area contributed by atoms with Gasteiger partial charge in [-0.15, -0.1) is 0 Å². The summed E-state index contributed by atoms with van der Waals surface area (Å²) in [4.78, 5) is 9.07. The van der Waals surface area contributed by atoms with E-state index in [2.05, 4.69) is 15.3 Å². The van der Waals surface area contributed by atoms with E-state index in [-0.39, 0.29) is 5.75 Å². The molecule has 0 bridgehead atoms. The number of phenols is 1. The first-order chi connectivity index (χ1) is 10.1. The summed E-state index contributed by atoms with van der Waals surface area (Å²) in [6.07, 6.45) is 0. The van der Waals surface area contributed by atoms with Crippen molar-refractivity contribution in [3.05, 3.63) is 53.7 Å². The van der Waals surface area contributed by atoms with Crippen LogP contribution in [0.3, 0.4) is 0 Å². The van der Waals surface area contributed by atoms with E-state index < -0.39 is 0 Å². The largest absolute Gasteiger partial charge is 0.508 e. The van der Waals surface area contributed by atoms with Gasteiger partial charge in [0.2, 0.25) is 0 Å². The van der Waals surface area contributed by atoms with Crippen molar-refractivity contribution >= 4 is 22.5 Å². The molecule has 0 amide bonds. The fourth-order valence-corrected chi connectivity index (χ4v) is 2.18. The van der Waals surface area contributed by atoms with Crippen molar-refractivity contribution in [2.24, 2.45) is 0 Å². The van der Waals surface area contributed by atoms with Crippen molar-refractivity contribution in [1.82, 2.24) is 9.97 Å². The van der Waals surface area contributed by atoms with Gasteiger partial charge in [0, 0.05) is 17.8 Å². The SMILES string of the molecule is Cc1nc2ccccc2nc1NCc1cc(N)ccc1O. The van der Waals surface area contributed by atoms with E-state index >= 15 is 0 Å². The number of aromatic nitrogens is 2. The highest BCUT2D eigenvalue weighted by Crippen LogP contribution is 2.22. The number of benzene rings is 2. The molecule has 0 aliphatic heterocycles. The lowest BCUT2D eigenvalue weighted by molar-refractivity contribution is 0.469. The highest BCUT2D eigenvalue weighted by Gasteiger charge is 2.06. The third-order valence-electron chi connectivity index (χ3n) is 3.29. The predicted molar refractivity (Wildman–Crippen MR) is 84.1 cm³/mol. The van der Waals surface area contributed by atoms with Crippen LogP contribution in [0.5, 0.6) is 5.75 Å². The molecular formula is C16H16N4O. The van der Waals surface area contributed by atoms with Crippen molar-refractivity contribution in [1.29, 1.82) is 0 Å². The molecule has 5 heteroatoms. The van der Waals surface area contributed by atoms with Crippen molar-refractivity contribution in [2.75, 3.05) is 11.1 Å². The van der Waals surface area contributed by atoms with Crippen LogP contribution in [-0.4, -0.2) is 15.1 Å². The molecule has 0 saturated carbocycles. The number of nitrogens with zero attached hydrogens (tertiary/aromatic N) is 2. The maximum atomic E-state index is 9.82. The number of nitrogen functional groups attached to an aromatic ring is 1. The number of para-hydroxylation sites is 2. The van der Waals surface area contributed by atoms with Gasteiger partial charge in [-0.25, -0.2) is 9.97 Å². The normalized spacial score (nSPS) is 10.7. The number of phenolic OH excluding ortho intramolecular Hbond substituents is 1. The number of hydrogen-bond acceptors (Lipinski definition) is 5.